The minimum Gasteiger partial charge on any atom is -0.493 e. The monoisotopic (exact) mass is 289 g/mol. The Hall–Kier alpha value is -0.780. The Morgan fingerprint density at radius 1 is 1.31 bits per heavy atom. The first kappa shape index (κ1) is 13.3. The molecule has 1 aromatic rings. The van der Waals surface area contributed by atoms with Gasteiger partial charge in [-0.3, -0.25) is 0 Å². The van der Waals surface area contributed by atoms with E-state index in [-0.39, 0.29) is 0 Å². The van der Waals surface area contributed by atoms with Crippen molar-refractivity contribution >= 4 is 15.9 Å². The van der Waals surface area contributed by atoms with Gasteiger partial charge in [0.15, 0.2) is 11.5 Å². The molecule has 2 N–H and O–H groups in total. The van der Waals surface area contributed by atoms with Crippen molar-refractivity contribution in [3.05, 3.63) is 21.7 Å². The maximum Gasteiger partial charge on any atom is 0.164 e. The number of nitrogens with two attached hydrogens (primary N) is 1. The molecule has 0 bridgehead atoms. The maximum absolute atomic E-state index is 5.36. The minimum atomic E-state index is 0.441. The number of rotatable bonds is 5. The molecule has 0 spiro atoms. The average molecular weight is 290 g/mol. The SMILES string of the molecule is COc1cc(Br)c(C)c(CCON)c1OC. The quantitative estimate of drug-likeness (QED) is 0.845. The van der Waals surface area contributed by atoms with Crippen molar-refractivity contribution in [1.82, 2.24) is 0 Å². The van der Waals surface area contributed by atoms with Gasteiger partial charge in [0.1, 0.15) is 0 Å². The van der Waals surface area contributed by atoms with Gasteiger partial charge in [0, 0.05) is 16.5 Å². The van der Waals surface area contributed by atoms with Crippen LogP contribution in [-0.4, -0.2) is 20.8 Å². The molecule has 0 aliphatic carbocycles. The van der Waals surface area contributed by atoms with Crippen LogP contribution in [0.2, 0.25) is 0 Å². The van der Waals surface area contributed by atoms with Crippen LogP contribution in [0, 0.1) is 6.92 Å². The molecule has 0 fully saturated rings. The summed E-state index contributed by atoms with van der Waals surface area (Å²) in [5.41, 5.74) is 2.15. The van der Waals surface area contributed by atoms with Crippen molar-refractivity contribution in [2.75, 3.05) is 20.8 Å². The molecule has 1 rings (SSSR count). The molecule has 0 heterocycles. The number of methoxy groups -OCH3 is 2. The predicted octanol–water partition coefficient (Wildman–Crippen LogP) is 2.21. The van der Waals surface area contributed by atoms with Crippen molar-refractivity contribution in [1.29, 1.82) is 0 Å². The highest BCUT2D eigenvalue weighted by Crippen LogP contribution is 2.38. The molecule has 0 aromatic heterocycles. The third-order valence-electron chi connectivity index (χ3n) is 2.46. The summed E-state index contributed by atoms with van der Waals surface area (Å²) in [6, 6.07) is 1.89. The number of halogens is 1. The topological polar surface area (TPSA) is 53.7 Å². The minimum absolute atomic E-state index is 0.441. The maximum atomic E-state index is 5.36. The number of benzene rings is 1. The van der Waals surface area contributed by atoms with Crippen LogP contribution in [0.15, 0.2) is 10.5 Å². The average Bonchev–Trinajstić information content (AvgIpc) is 2.30. The lowest BCUT2D eigenvalue weighted by Crippen LogP contribution is -2.07. The van der Waals surface area contributed by atoms with Crippen LogP contribution in [0.3, 0.4) is 0 Å². The van der Waals surface area contributed by atoms with Crippen LogP contribution in [-0.2, 0) is 11.3 Å². The Bertz CT molecular complexity index is 369. The van der Waals surface area contributed by atoms with E-state index in [4.69, 9.17) is 15.4 Å². The Morgan fingerprint density at radius 3 is 2.50 bits per heavy atom. The van der Waals surface area contributed by atoms with E-state index < -0.39 is 0 Å². The van der Waals surface area contributed by atoms with E-state index in [2.05, 4.69) is 20.8 Å². The van der Waals surface area contributed by atoms with Crippen LogP contribution in [0.25, 0.3) is 0 Å². The van der Waals surface area contributed by atoms with Gasteiger partial charge in [-0.05, 0) is 18.6 Å². The molecule has 1 aromatic carbocycles. The molecule has 0 unspecified atom stereocenters. The van der Waals surface area contributed by atoms with Gasteiger partial charge in [0.25, 0.3) is 0 Å². The molecule has 5 heteroatoms. The van der Waals surface area contributed by atoms with Crippen molar-refractivity contribution in [3.8, 4) is 11.5 Å². The smallest absolute Gasteiger partial charge is 0.164 e. The standard InChI is InChI=1S/C11H16BrNO3/c1-7-8(4-5-16-13)11(15-3)10(14-2)6-9(7)12/h6H,4-5,13H2,1-3H3. The Morgan fingerprint density at radius 2 is 2.00 bits per heavy atom. The fraction of sp³-hybridized carbons (Fsp3) is 0.455. The number of hydrogen-bond acceptors (Lipinski definition) is 4. The first-order valence-electron chi connectivity index (χ1n) is 4.87. The zero-order valence-electron chi connectivity index (χ0n) is 9.67. The van der Waals surface area contributed by atoms with E-state index in [9.17, 15) is 0 Å². The lowest BCUT2D eigenvalue weighted by atomic mass is 10.0. The largest absolute Gasteiger partial charge is 0.493 e. The molecule has 16 heavy (non-hydrogen) atoms. The highest BCUT2D eigenvalue weighted by Gasteiger charge is 2.15. The Kier molecular flexibility index (Phi) is 5.05. The van der Waals surface area contributed by atoms with Crippen LogP contribution in [0.1, 0.15) is 11.1 Å². The Labute approximate surface area is 104 Å². The summed E-state index contributed by atoms with van der Waals surface area (Å²) in [5, 5.41) is 0. The van der Waals surface area contributed by atoms with E-state index in [1.807, 2.05) is 13.0 Å². The molecule has 90 valence electrons. The number of ether oxygens (including phenoxy) is 2. The third-order valence-corrected chi connectivity index (χ3v) is 3.28. The molecule has 0 radical (unpaired) electrons. The molecule has 0 atom stereocenters. The summed E-state index contributed by atoms with van der Waals surface area (Å²) in [6.45, 7) is 2.45. The summed E-state index contributed by atoms with van der Waals surface area (Å²) < 4.78 is 11.6. The van der Waals surface area contributed by atoms with Gasteiger partial charge in [0.05, 0.1) is 20.8 Å². The zero-order valence-corrected chi connectivity index (χ0v) is 11.3. The predicted molar refractivity (Wildman–Crippen MR) is 65.8 cm³/mol. The first-order chi connectivity index (χ1) is 7.65. The molecular formula is C11H16BrNO3. The van der Waals surface area contributed by atoms with E-state index in [0.29, 0.717) is 18.8 Å². The highest BCUT2D eigenvalue weighted by molar-refractivity contribution is 9.10. The van der Waals surface area contributed by atoms with Crippen LogP contribution < -0.4 is 15.4 Å². The van der Waals surface area contributed by atoms with Crippen molar-refractivity contribution < 1.29 is 14.3 Å². The molecule has 0 aliphatic rings. The molecule has 0 saturated heterocycles. The second-order valence-electron chi connectivity index (χ2n) is 3.32. The van der Waals surface area contributed by atoms with E-state index in [1.54, 1.807) is 14.2 Å². The molecule has 0 amide bonds. The van der Waals surface area contributed by atoms with Crippen LogP contribution in [0.4, 0.5) is 0 Å². The normalized spacial score (nSPS) is 10.3. The van der Waals surface area contributed by atoms with E-state index >= 15 is 0 Å². The molecule has 4 nitrogen and oxygen atoms in total. The summed E-state index contributed by atoms with van der Waals surface area (Å²) >= 11 is 3.49. The summed E-state index contributed by atoms with van der Waals surface area (Å²) in [5.74, 6) is 6.48. The zero-order chi connectivity index (χ0) is 12.1. The van der Waals surface area contributed by atoms with E-state index in [0.717, 1.165) is 21.3 Å². The summed E-state index contributed by atoms with van der Waals surface area (Å²) in [4.78, 5) is 4.60. The lowest BCUT2D eigenvalue weighted by Gasteiger charge is -2.16. The summed E-state index contributed by atoms with van der Waals surface area (Å²) in [7, 11) is 3.24. The van der Waals surface area contributed by atoms with Crippen LogP contribution >= 0.6 is 15.9 Å². The second kappa shape index (κ2) is 6.08. The Balaban J connectivity index is 3.23. The second-order valence-corrected chi connectivity index (χ2v) is 4.17. The van der Waals surface area contributed by atoms with Crippen LogP contribution in [0.5, 0.6) is 11.5 Å². The third kappa shape index (κ3) is 2.66. The van der Waals surface area contributed by atoms with Crippen molar-refractivity contribution in [2.45, 2.75) is 13.3 Å². The van der Waals surface area contributed by atoms with Crippen molar-refractivity contribution in [3.63, 3.8) is 0 Å². The molecule has 0 aliphatic heterocycles. The van der Waals surface area contributed by atoms with Gasteiger partial charge in [-0.1, -0.05) is 15.9 Å². The lowest BCUT2D eigenvalue weighted by molar-refractivity contribution is 0.140. The highest BCUT2D eigenvalue weighted by atomic mass is 79.9. The fourth-order valence-electron chi connectivity index (χ4n) is 1.59. The van der Waals surface area contributed by atoms with Gasteiger partial charge in [-0.25, -0.2) is 5.90 Å². The molecular weight excluding hydrogens is 274 g/mol. The van der Waals surface area contributed by atoms with Gasteiger partial charge < -0.3 is 14.3 Å². The first-order valence-corrected chi connectivity index (χ1v) is 5.66. The molecule has 0 saturated carbocycles. The number of hydrogen-bond donors (Lipinski definition) is 1. The summed E-state index contributed by atoms with van der Waals surface area (Å²) in [6.07, 6.45) is 0.682. The van der Waals surface area contributed by atoms with Gasteiger partial charge in [0.2, 0.25) is 0 Å². The van der Waals surface area contributed by atoms with Gasteiger partial charge in [-0.2, -0.15) is 0 Å². The van der Waals surface area contributed by atoms with Crippen molar-refractivity contribution in [2.24, 2.45) is 5.90 Å². The van der Waals surface area contributed by atoms with Gasteiger partial charge >= 0.3 is 0 Å². The fourth-order valence-corrected chi connectivity index (χ4v) is 2.04. The van der Waals surface area contributed by atoms with Gasteiger partial charge in [-0.15, -0.1) is 0 Å². The van der Waals surface area contributed by atoms with E-state index in [1.165, 1.54) is 0 Å².